The van der Waals surface area contributed by atoms with Crippen LogP contribution in [0.2, 0.25) is 0 Å². The van der Waals surface area contributed by atoms with Crippen LogP contribution in [0, 0.1) is 17.2 Å². The van der Waals surface area contributed by atoms with Gasteiger partial charge in [0.1, 0.15) is 11.8 Å². The molecule has 2 N–H and O–H groups in total. The molecular formula is C35H41N7O5. The lowest BCUT2D eigenvalue weighted by atomic mass is 9.95. The third kappa shape index (κ3) is 7.19. The van der Waals surface area contributed by atoms with E-state index in [1.165, 1.54) is 4.90 Å². The van der Waals surface area contributed by atoms with Crippen LogP contribution in [0.1, 0.15) is 50.7 Å². The maximum Gasteiger partial charge on any atom is 0.407 e. The van der Waals surface area contributed by atoms with Crippen LogP contribution in [0.15, 0.2) is 54.9 Å². The summed E-state index contributed by atoms with van der Waals surface area (Å²) in [7, 11) is 0. The number of ether oxygens (including phenoxy) is 1. The smallest absolute Gasteiger partial charge is 0.407 e. The molecule has 1 unspecified atom stereocenters. The number of piperidine rings is 1. The van der Waals surface area contributed by atoms with Crippen LogP contribution in [0.5, 0.6) is 5.75 Å². The summed E-state index contributed by atoms with van der Waals surface area (Å²) in [5.41, 5.74) is 3.07. The molecule has 3 heterocycles. The van der Waals surface area contributed by atoms with Crippen molar-refractivity contribution in [3.63, 3.8) is 0 Å². The number of H-pyrrole nitrogens is 1. The van der Waals surface area contributed by atoms with Crippen molar-refractivity contribution in [2.45, 2.75) is 57.7 Å². The zero-order chi connectivity index (χ0) is 33.1. The van der Waals surface area contributed by atoms with E-state index in [1.807, 2.05) is 12.3 Å². The maximum absolute atomic E-state index is 14.0. The summed E-state index contributed by atoms with van der Waals surface area (Å²) < 4.78 is 6.24. The SMILES string of the molecule is CC(C)(Oc1cc(N2CCCC(C(=O)N(Cc3ccc(-c4cn[nH]c4)cc3)C3CC3)C2)ccc1C#N)C(=O)N1CCN(C(=O)O)CC1. The Morgan fingerprint density at radius 3 is 2.38 bits per heavy atom. The largest absolute Gasteiger partial charge is 0.477 e. The van der Waals surface area contributed by atoms with Gasteiger partial charge in [0.05, 0.1) is 17.7 Å². The average Bonchev–Trinajstić information content (AvgIpc) is 3.78. The number of carboxylic acid groups (broad SMARTS) is 1. The number of anilines is 1. The average molecular weight is 640 g/mol. The summed E-state index contributed by atoms with van der Waals surface area (Å²) in [4.78, 5) is 45.8. The van der Waals surface area contributed by atoms with Crippen LogP contribution < -0.4 is 9.64 Å². The Morgan fingerprint density at radius 2 is 1.74 bits per heavy atom. The van der Waals surface area contributed by atoms with E-state index in [-0.39, 0.29) is 50.0 Å². The second-order valence-electron chi connectivity index (χ2n) is 13.1. The standard InChI is InChI=1S/C35H41N7O5/c1-35(2,33(44)39-14-16-40(17-15-39)34(45)46)47-31-18-30(10-9-26(31)19-36)41-13-3-4-27(23-41)32(43)42(29-11-12-29)22-24-5-7-25(8-6-24)28-20-37-38-21-28/h5-10,18,20-21,27,29H,3-4,11-17,22-23H2,1-2H3,(H,37,38)(H,45,46). The Balaban J connectivity index is 1.12. The number of hydrogen-bond donors (Lipinski definition) is 2. The van der Waals surface area contributed by atoms with Crippen molar-refractivity contribution in [1.29, 1.82) is 5.26 Å². The quantitative estimate of drug-likeness (QED) is 0.352. The molecule has 3 aliphatic rings. The van der Waals surface area contributed by atoms with E-state index in [9.17, 15) is 24.8 Å². The highest BCUT2D eigenvalue weighted by molar-refractivity contribution is 5.85. The third-order valence-corrected chi connectivity index (χ3v) is 9.35. The molecule has 0 spiro atoms. The number of carbonyl (C=O) groups is 3. The van der Waals surface area contributed by atoms with Crippen LogP contribution >= 0.6 is 0 Å². The van der Waals surface area contributed by atoms with E-state index in [2.05, 4.69) is 50.3 Å². The van der Waals surface area contributed by atoms with E-state index in [1.54, 1.807) is 37.1 Å². The Morgan fingerprint density at radius 1 is 1.02 bits per heavy atom. The van der Waals surface area contributed by atoms with Gasteiger partial charge < -0.3 is 29.4 Å². The molecule has 1 atom stereocenters. The summed E-state index contributed by atoms with van der Waals surface area (Å²) in [6.07, 6.45) is 6.37. The summed E-state index contributed by atoms with van der Waals surface area (Å²) >= 11 is 0. The van der Waals surface area contributed by atoms with Crippen LogP contribution in [0.4, 0.5) is 10.5 Å². The first-order valence-electron chi connectivity index (χ1n) is 16.3. The number of rotatable bonds is 9. The van der Waals surface area contributed by atoms with E-state index in [0.717, 1.165) is 54.6 Å². The molecule has 0 radical (unpaired) electrons. The number of nitrogens with zero attached hydrogens (tertiary/aromatic N) is 6. The molecule has 3 amide bonds. The van der Waals surface area contributed by atoms with Gasteiger partial charge in [-0.2, -0.15) is 10.4 Å². The number of piperazine rings is 1. The number of benzene rings is 2. The first-order chi connectivity index (χ1) is 22.6. The number of aromatic nitrogens is 2. The lowest BCUT2D eigenvalue weighted by Gasteiger charge is -2.38. The Hall–Kier alpha value is -5.05. The molecule has 2 saturated heterocycles. The van der Waals surface area contributed by atoms with Gasteiger partial charge in [-0.05, 0) is 62.8 Å². The van der Waals surface area contributed by atoms with Gasteiger partial charge in [0.15, 0.2) is 5.60 Å². The summed E-state index contributed by atoms with van der Waals surface area (Å²) in [5, 5.41) is 26.0. The van der Waals surface area contributed by atoms with Crippen molar-refractivity contribution >= 4 is 23.6 Å². The van der Waals surface area contributed by atoms with Crippen molar-refractivity contribution < 1.29 is 24.2 Å². The fraction of sp³-hybridized carbons (Fsp3) is 0.457. The first kappa shape index (κ1) is 31.9. The summed E-state index contributed by atoms with van der Waals surface area (Å²) in [6.45, 7) is 6.27. The molecule has 47 heavy (non-hydrogen) atoms. The number of carbonyl (C=O) groups excluding carboxylic acids is 2. The third-order valence-electron chi connectivity index (χ3n) is 9.35. The van der Waals surface area contributed by atoms with Crippen LogP contribution in [0.3, 0.4) is 0 Å². The predicted molar refractivity (Wildman–Crippen MR) is 175 cm³/mol. The lowest BCUT2D eigenvalue weighted by molar-refractivity contribution is -0.147. The molecular weight excluding hydrogens is 598 g/mol. The van der Waals surface area contributed by atoms with Crippen LogP contribution in [-0.4, -0.2) is 98.8 Å². The van der Waals surface area contributed by atoms with Crippen LogP contribution in [-0.2, 0) is 16.1 Å². The molecule has 3 fully saturated rings. The number of nitrogens with one attached hydrogen (secondary N) is 1. The molecule has 2 aromatic carbocycles. The van der Waals surface area contributed by atoms with E-state index in [0.29, 0.717) is 24.4 Å². The van der Waals surface area contributed by atoms with Crippen molar-refractivity contribution in [3.8, 4) is 22.9 Å². The van der Waals surface area contributed by atoms with Crippen molar-refractivity contribution in [1.82, 2.24) is 24.9 Å². The minimum atomic E-state index is -1.28. The minimum Gasteiger partial charge on any atom is -0.477 e. The van der Waals surface area contributed by atoms with E-state index < -0.39 is 11.7 Å². The molecule has 246 valence electrons. The molecule has 1 aromatic heterocycles. The molecule has 12 nitrogen and oxygen atoms in total. The monoisotopic (exact) mass is 639 g/mol. The second kappa shape index (κ2) is 13.4. The van der Waals surface area contributed by atoms with Gasteiger partial charge in [-0.1, -0.05) is 24.3 Å². The first-order valence-corrected chi connectivity index (χ1v) is 16.3. The Labute approximate surface area is 274 Å². The Bertz CT molecular complexity index is 1640. The topological polar surface area (TPSA) is 146 Å². The van der Waals surface area contributed by atoms with Gasteiger partial charge in [0.25, 0.3) is 5.91 Å². The molecule has 3 aromatic rings. The minimum absolute atomic E-state index is 0.156. The molecule has 2 aliphatic heterocycles. The van der Waals surface area contributed by atoms with Gasteiger partial charge in [-0.15, -0.1) is 0 Å². The number of aromatic amines is 1. The number of hydrogen-bond acceptors (Lipinski definition) is 7. The molecule has 12 heteroatoms. The zero-order valence-corrected chi connectivity index (χ0v) is 26.9. The lowest BCUT2D eigenvalue weighted by Crippen LogP contribution is -2.56. The number of nitriles is 1. The van der Waals surface area contributed by atoms with Gasteiger partial charge in [-0.3, -0.25) is 14.7 Å². The van der Waals surface area contributed by atoms with Gasteiger partial charge >= 0.3 is 6.09 Å². The highest BCUT2D eigenvalue weighted by Gasteiger charge is 2.39. The molecule has 0 bridgehead atoms. The highest BCUT2D eigenvalue weighted by Crippen LogP contribution is 2.35. The highest BCUT2D eigenvalue weighted by atomic mass is 16.5. The normalized spacial score (nSPS) is 18.4. The van der Waals surface area contributed by atoms with Gasteiger partial charge in [-0.25, -0.2) is 4.79 Å². The van der Waals surface area contributed by atoms with E-state index >= 15 is 0 Å². The molecule has 6 rings (SSSR count). The summed E-state index contributed by atoms with van der Waals surface area (Å²) in [5.74, 6) is 0.0594. The van der Waals surface area contributed by atoms with Gasteiger partial charge in [0, 0.05) is 75.4 Å². The summed E-state index contributed by atoms with van der Waals surface area (Å²) in [6, 6.07) is 16.1. The van der Waals surface area contributed by atoms with Crippen molar-refractivity contribution in [3.05, 3.63) is 66.0 Å². The van der Waals surface area contributed by atoms with Gasteiger partial charge in [0.2, 0.25) is 5.91 Å². The Kier molecular flexibility index (Phi) is 9.07. The fourth-order valence-corrected chi connectivity index (χ4v) is 6.51. The fourth-order valence-electron chi connectivity index (χ4n) is 6.51. The number of amides is 3. The van der Waals surface area contributed by atoms with E-state index in [4.69, 9.17) is 4.74 Å². The predicted octanol–water partition coefficient (Wildman–Crippen LogP) is 4.34. The van der Waals surface area contributed by atoms with Crippen LogP contribution in [0.25, 0.3) is 11.1 Å². The second-order valence-corrected chi connectivity index (χ2v) is 13.1. The molecule has 1 aliphatic carbocycles. The zero-order valence-electron chi connectivity index (χ0n) is 26.9. The van der Waals surface area contributed by atoms with Crippen molar-refractivity contribution in [2.24, 2.45) is 5.92 Å². The maximum atomic E-state index is 14.0. The van der Waals surface area contributed by atoms with Crippen molar-refractivity contribution in [2.75, 3.05) is 44.2 Å². The molecule has 1 saturated carbocycles.